The van der Waals surface area contributed by atoms with Gasteiger partial charge in [-0.15, -0.1) is 0 Å². The molecule has 7 heteroatoms. The van der Waals surface area contributed by atoms with Crippen molar-refractivity contribution in [3.8, 4) is 5.75 Å². The number of nitrogens with one attached hydrogen (secondary N) is 2. The molecule has 1 aromatic heterocycles. The van der Waals surface area contributed by atoms with Crippen molar-refractivity contribution in [2.75, 3.05) is 13.2 Å². The first-order valence-corrected chi connectivity index (χ1v) is 7.94. The van der Waals surface area contributed by atoms with E-state index in [-0.39, 0.29) is 13.2 Å². The highest BCUT2D eigenvalue weighted by Gasteiger charge is 2.06. The molecule has 0 aliphatic carbocycles. The summed E-state index contributed by atoms with van der Waals surface area (Å²) in [5, 5.41) is 8.29. The van der Waals surface area contributed by atoms with Crippen molar-refractivity contribution < 1.29 is 18.7 Å². The van der Waals surface area contributed by atoms with Gasteiger partial charge in [-0.05, 0) is 35.0 Å². The first-order valence-electron chi connectivity index (χ1n) is 7.94. The van der Waals surface area contributed by atoms with E-state index in [0.717, 1.165) is 10.8 Å². The Labute approximate surface area is 149 Å². The van der Waals surface area contributed by atoms with Crippen LogP contribution >= 0.6 is 0 Å². The average Bonchev–Trinajstić information content (AvgIpc) is 3.18. The van der Waals surface area contributed by atoms with Gasteiger partial charge in [-0.2, -0.15) is 5.10 Å². The SMILES string of the molecule is O=C(COc1ccc2ccccc2c1)NCC(=O)N/N=C\c1ccco1. The Kier molecular flexibility index (Phi) is 5.61. The molecule has 2 aromatic carbocycles. The number of hydrogen-bond acceptors (Lipinski definition) is 5. The number of fused-ring (bicyclic) bond motifs is 1. The monoisotopic (exact) mass is 351 g/mol. The van der Waals surface area contributed by atoms with E-state index in [1.54, 1.807) is 18.2 Å². The van der Waals surface area contributed by atoms with Crippen molar-refractivity contribution in [1.29, 1.82) is 0 Å². The van der Waals surface area contributed by atoms with Crippen LogP contribution in [0.2, 0.25) is 0 Å². The summed E-state index contributed by atoms with van der Waals surface area (Å²) in [7, 11) is 0. The van der Waals surface area contributed by atoms with Crippen LogP contribution in [-0.4, -0.2) is 31.2 Å². The van der Waals surface area contributed by atoms with Crippen molar-refractivity contribution in [1.82, 2.24) is 10.7 Å². The van der Waals surface area contributed by atoms with Crippen LogP contribution in [0.15, 0.2) is 70.4 Å². The minimum Gasteiger partial charge on any atom is -0.484 e. The van der Waals surface area contributed by atoms with Gasteiger partial charge in [0.2, 0.25) is 0 Å². The van der Waals surface area contributed by atoms with E-state index in [1.165, 1.54) is 12.5 Å². The number of hydrogen-bond donors (Lipinski definition) is 2. The summed E-state index contributed by atoms with van der Waals surface area (Å²) in [5.74, 6) is 0.250. The molecule has 2 amide bonds. The molecule has 3 rings (SSSR count). The molecule has 0 aliphatic rings. The minimum atomic E-state index is -0.452. The molecule has 26 heavy (non-hydrogen) atoms. The molecular formula is C19H17N3O4. The molecule has 0 saturated heterocycles. The zero-order valence-electron chi connectivity index (χ0n) is 13.8. The normalized spacial score (nSPS) is 10.8. The van der Waals surface area contributed by atoms with Crippen LogP contribution in [0, 0.1) is 0 Å². The molecule has 0 bridgehead atoms. The Morgan fingerprint density at radius 3 is 2.69 bits per heavy atom. The highest BCUT2D eigenvalue weighted by molar-refractivity contribution is 5.86. The Balaban J connectivity index is 1.40. The Morgan fingerprint density at radius 1 is 1.04 bits per heavy atom. The lowest BCUT2D eigenvalue weighted by Gasteiger charge is -2.08. The van der Waals surface area contributed by atoms with Crippen LogP contribution in [0.1, 0.15) is 5.76 Å². The molecule has 0 saturated carbocycles. The van der Waals surface area contributed by atoms with Gasteiger partial charge < -0.3 is 14.5 Å². The van der Waals surface area contributed by atoms with Crippen LogP contribution in [0.5, 0.6) is 5.75 Å². The average molecular weight is 351 g/mol. The third kappa shape index (κ3) is 4.94. The van der Waals surface area contributed by atoms with Gasteiger partial charge >= 0.3 is 0 Å². The molecule has 2 N–H and O–H groups in total. The summed E-state index contributed by atoms with van der Waals surface area (Å²) < 4.78 is 10.5. The number of carbonyl (C=O) groups is 2. The fourth-order valence-corrected chi connectivity index (χ4v) is 2.21. The maximum atomic E-state index is 11.8. The largest absolute Gasteiger partial charge is 0.484 e. The number of nitrogens with zero attached hydrogens (tertiary/aromatic N) is 1. The van der Waals surface area contributed by atoms with Gasteiger partial charge in [0.25, 0.3) is 11.8 Å². The topological polar surface area (TPSA) is 92.9 Å². The summed E-state index contributed by atoms with van der Waals surface area (Å²) in [6.45, 7) is -0.378. The smallest absolute Gasteiger partial charge is 0.259 e. The van der Waals surface area contributed by atoms with Crippen LogP contribution in [-0.2, 0) is 9.59 Å². The first-order chi connectivity index (χ1) is 12.7. The van der Waals surface area contributed by atoms with Gasteiger partial charge in [-0.25, -0.2) is 5.43 Å². The molecule has 0 radical (unpaired) electrons. The number of amides is 2. The maximum absolute atomic E-state index is 11.8. The van der Waals surface area contributed by atoms with Crippen molar-refractivity contribution in [2.24, 2.45) is 5.10 Å². The number of carbonyl (C=O) groups excluding carboxylic acids is 2. The predicted molar refractivity (Wildman–Crippen MR) is 96.9 cm³/mol. The fraction of sp³-hybridized carbons (Fsp3) is 0.105. The van der Waals surface area contributed by atoms with Crippen molar-refractivity contribution >= 4 is 28.8 Å². The van der Waals surface area contributed by atoms with Gasteiger partial charge in [0.05, 0.1) is 19.0 Å². The van der Waals surface area contributed by atoms with Crippen molar-refractivity contribution in [3.63, 3.8) is 0 Å². The summed E-state index contributed by atoms with van der Waals surface area (Å²) in [4.78, 5) is 23.4. The van der Waals surface area contributed by atoms with Crippen molar-refractivity contribution in [3.05, 3.63) is 66.6 Å². The summed E-state index contributed by atoms with van der Waals surface area (Å²) in [6.07, 6.45) is 2.86. The van der Waals surface area contributed by atoms with E-state index < -0.39 is 11.8 Å². The predicted octanol–water partition coefficient (Wildman–Crippen LogP) is 2.08. The number of hydrazone groups is 1. The Bertz CT molecular complexity index is 919. The van der Waals surface area contributed by atoms with Gasteiger partial charge in [0.15, 0.2) is 6.61 Å². The second-order valence-corrected chi connectivity index (χ2v) is 5.38. The van der Waals surface area contributed by atoms with E-state index in [4.69, 9.17) is 9.15 Å². The van der Waals surface area contributed by atoms with E-state index in [0.29, 0.717) is 11.5 Å². The van der Waals surface area contributed by atoms with Crippen LogP contribution < -0.4 is 15.5 Å². The lowest BCUT2D eigenvalue weighted by atomic mass is 10.1. The highest BCUT2D eigenvalue weighted by Crippen LogP contribution is 2.20. The molecule has 0 fully saturated rings. The lowest BCUT2D eigenvalue weighted by molar-refractivity contribution is -0.127. The molecule has 7 nitrogen and oxygen atoms in total. The first kappa shape index (κ1) is 17.2. The molecule has 0 aliphatic heterocycles. The van der Waals surface area contributed by atoms with Crippen LogP contribution in [0.4, 0.5) is 0 Å². The van der Waals surface area contributed by atoms with Gasteiger partial charge in [-0.3, -0.25) is 9.59 Å². The molecule has 3 aromatic rings. The zero-order valence-corrected chi connectivity index (χ0v) is 13.8. The van der Waals surface area contributed by atoms with Gasteiger partial charge in [-0.1, -0.05) is 30.3 Å². The minimum absolute atomic E-state index is 0.179. The maximum Gasteiger partial charge on any atom is 0.259 e. The molecular weight excluding hydrogens is 334 g/mol. The molecule has 0 unspecified atom stereocenters. The summed E-state index contributed by atoms with van der Waals surface area (Å²) >= 11 is 0. The number of benzene rings is 2. The van der Waals surface area contributed by atoms with E-state index in [9.17, 15) is 9.59 Å². The molecule has 0 spiro atoms. The fourth-order valence-electron chi connectivity index (χ4n) is 2.21. The number of furan rings is 1. The Morgan fingerprint density at radius 2 is 1.88 bits per heavy atom. The summed E-state index contributed by atoms with van der Waals surface area (Å²) in [6, 6.07) is 16.8. The molecule has 0 atom stereocenters. The van der Waals surface area contributed by atoms with Gasteiger partial charge in [0.1, 0.15) is 11.5 Å². The molecule has 1 heterocycles. The third-order valence-corrected chi connectivity index (χ3v) is 3.46. The lowest BCUT2D eigenvalue weighted by Crippen LogP contribution is -2.37. The van der Waals surface area contributed by atoms with Crippen LogP contribution in [0.3, 0.4) is 0 Å². The van der Waals surface area contributed by atoms with Crippen molar-refractivity contribution in [2.45, 2.75) is 0 Å². The highest BCUT2D eigenvalue weighted by atomic mass is 16.5. The Hall–Kier alpha value is -3.61. The zero-order chi connectivity index (χ0) is 18.2. The standard InChI is InChI=1S/C19H17N3O4/c23-18(22-21-11-17-6-3-9-25-17)12-20-19(24)13-26-16-8-7-14-4-1-2-5-15(14)10-16/h1-11H,12-13H2,(H,20,24)(H,22,23)/b21-11-. The van der Waals surface area contributed by atoms with Crippen LogP contribution in [0.25, 0.3) is 10.8 Å². The number of ether oxygens (including phenoxy) is 1. The summed E-state index contributed by atoms with van der Waals surface area (Å²) in [5.41, 5.74) is 2.29. The quantitative estimate of drug-likeness (QED) is 0.503. The van der Waals surface area contributed by atoms with E-state index in [2.05, 4.69) is 15.8 Å². The second kappa shape index (κ2) is 8.48. The second-order valence-electron chi connectivity index (χ2n) is 5.38. The van der Waals surface area contributed by atoms with E-state index >= 15 is 0 Å². The molecule has 132 valence electrons. The van der Waals surface area contributed by atoms with E-state index in [1.807, 2.05) is 36.4 Å². The van der Waals surface area contributed by atoms with Gasteiger partial charge in [0, 0.05) is 0 Å². The third-order valence-electron chi connectivity index (χ3n) is 3.46. The number of rotatable bonds is 7.